The molecule has 2 nitrogen and oxygen atoms in total. The number of rotatable bonds is 2. The normalized spacial score (nSPS) is 12.3. The lowest BCUT2D eigenvalue weighted by Gasteiger charge is -2.19. The molecule has 3 heteroatoms. The van der Waals surface area contributed by atoms with Crippen LogP contribution in [0.4, 0.5) is 5.69 Å². The fraction of sp³-hybridized carbons (Fsp3) is 0.417. The van der Waals surface area contributed by atoms with Gasteiger partial charge in [0.1, 0.15) is 0 Å². The molecule has 1 atom stereocenters. The van der Waals surface area contributed by atoms with Crippen molar-refractivity contribution in [3.05, 3.63) is 29.3 Å². The highest BCUT2D eigenvalue weighted by Gasteiger charge is 2.15. The zero-order valence-corrected chi connectivity index (χ0v) is 11.1. The average Bonchev–Trinajstić information content (AvgIpc) is 2.13. The first-order valence-electron chi connectivity index (χ1n) is 4.91. The van der Waals surface area contributed by atoms with Crippen LogP contribution in [-0.4, -0.2) is 17.8 Å². The van der Waals surface area contributed by atoms with Gasteiger partial charge in [0.05, 0.1) is 4.83 Å². The predicted octanol–water partition coefficient (Wildman–Crippen LogP) is 3.05. The number of carbonyl (C=O) groups excluding carboxylic acids is 1. The van der Waals surface area contributed by atoms with Gasteiger partial charge in [0, 0.05) is 12.7 Å². The fourth-order valence-electron chi connectivity index (χ4n) is 1.54. The molecule has 0 bridgehead atoms. The maximum Gasteiger partial charge on any atom is 0.240 e. The highest BCUT2D eigenvalue weighted by atomic mass is 79.9. The molecule has 1 aromatic carbocycles. The molecule has 82 valence electrons. The highest BCUT2D eigenvalue weighted by molar-refractivity contribution is 9.10. The van der Waals surface area contributed by atoms with E-state index in [1.807, 2.05) is 32.9 Å². The van der Waals surface area contributed by atoms with E-state index in [0.29, 0.717) is 0 Å². The lowest BCUT2D eigenvalue weighted by molar-refractivity contribution is -0.117. The van der Waals surface area contributed by atoms with Crippen LogP contribution in [0.2, 0.25) is 0 Å². The summed E-state index contributed by atoms with van der Waals surface area (Å²) in [6.45, 7) is 5.90. The Morgan fingerprint density at radius 2 is 1.73 bits per heavy atom. The third-order valence-electron chi connectivity index (χ3n) is 2.26. The Balaban J connectivity index is 3.00. The van der Waals surface area contributed by atoms with Gasteiger partial charge in [-0.3, -0.25) is 4.79 Å². The summed E-state index contributed by atoms with van der Waals surface area (Å²) in [5.74, 6) is 0.0694. The van der Waals surface area contributed by atoms with Crippen molar-refractivity contribution >= 4 is 27.5 Å². The second-order valence-electron chi connectivity index (χ2n) is 3.86. The van der Waals surface area contributed by atoms with Crippen LogP contribution in [0, 0.1) is 13.8 Å². The van der Waals surface area contributed by atoms with Gasteiger partial charge in [-0.05, 0) is 44.0 Å². The largest absolute Gasteiger partial charge is 0.315 e. The van der Waals surface area contributed by atoms with Crippen molar-refractivity contribution < 1.29 is 4.79 Å². The van der Waals surface area contributed by atoms with E-state index in [1.165, 1.54) is 11.1 Å². The van der Waals surface area contributed by atoms with Crippen molar-refractivity contribution in [1.29, 1.82) is 0 Å². The van der Waals surface area contributed by atoms with Crippen LogP contribution in [-0.2, 0) is 4.79 Å². The Kier molecular flexibility index (Phi) is 3.91. The van der Waals surface area contributed by atoms with Crippen molar-refractivity contribution in [3.63, 3.8) is 0 Å². The lowest BCUT2D eigenvalue weighted by atomic mass is 10.1. The molecular formula is C12H16BrNO. The Bertz CT molecular complexity index is 354. The van der Waals surface area contributed by atoms with E-state index in [9.17, 15) is 4.79 Å². The van der Waals surface area contributed by atoms with Gasteiger partial charge in [0.15, 0.2) is 0 Å². The van der Waals surface area contributed by atoms with Gasteiger partial charge >= 0.3 is 0 Å². The summed E-state index contributed by atoms with van der Waals surface area (Å²) >= 11 is 3.28. The van der Waals surface area contributed by atoms with Crippen LogP contribution in [0.1, 0.15) is 18.1 Å². The minimum atomic E-state index is -0.150. The number of benzene rings is 1. The topological polar surface area (TPSA) is 20.3 Å². The minimum Gasteiger partial charge on any atom is -0.315 e. The van der Waals surface area contributed by atoms with E-state index in [-0.39, 0.29) is 10.7 Å². The first-order valence-corrected chi connectivity index (χ1v) is 5.83. The maximum atomic E-state index is 11.7. The molecule has 15 heavy (non-hydrogen) atoms. The molecule has 0 aliphatic heterocycles. The molecule has 0 aromatic heterocycles. The van der Waals surface area contributed by atoms with E-state index in [0.717, 1.165) is 5.69 Å². The predicted molar refractivity (Wildman–Crippen MR) is 67.7 cm³/mol. The number of hydrogen-bond acceptors (Lipinski definition) is 1. The zero-order chi connectivity index (χ0) is 11.6. The van der Waals surface area contributed by atoms with Crippen molar-refractivity contribution in [2.45, 2.75) is 25.6 Å². The smallest absolute Gasteiger partial charge is 0.240 e. The number of nitrogens with zero attached hydrogens (tertiary/aromatic N) is 1. The standard InChI is InChI=1S/C12H16BrNO/c1-8-5-9(2)7-11(6-8)14(4)12(15)10(3)13/h5-7,10H,1-4H3. The molecule has 0 N–H and O–H groups in total. The first-order chi connectivity index (χ1) is 6.91. The molecule has 0 spiro atoms. The molecule has 1 amide bonds. The van der Waals surface area contributed by atoms with E-state index < -0.39 is 0 Å². The van der Waals surface area contributed by atoms with Gasteiger partial charge in [-0.15, -0.1) is 0 Å². The van der Waals surface area contributed by atoms with E-state index in [1.54, 1.807) is 11.9 Å². The Hall–Kier alpha value is -0.830. The summed E-state index contributed by atoms with van der Waals surface area (Å²) in [6, 6.07) is 6.12. The third kappa shape index (κ3) is 3.06. The fourth-order valence-corrected chi connectivity index (χ4v) is 1.85. The van der Waals surface area contributed by atoms with Crippen LogP contribution < -0.4 is 4.90 Å². The second kappa shape index (κ2) is 4.79. The molecule has 0 aliphatic carbocycles. The van der Waals surface area contributed by atoms with Crippen LogP contribution in [0.25, 0.3) is 0 Å². The molecule has 0 saturated heterocycles. The quantitative estimate of drug-likeness (QED) is 0.756. The summed E-state index contributed by atoms with van der Waals surface area (Å²) in [4.78, 5) is 13.3. The molecule has 1 unspecified atom stereocenters. The molecule has 0 heterocycles. The Labute approximate surface area is 99.4 Å². The Morgan fingerprint density at radius 3 is 2.13 bits per heavy atom. The third-order valence-corrected chi connectivity index (χ3v) is 2.66. The molecule has 1 aromatic rings. The first kappa shape index (κ1) is 12.2. The number of anilines is 1. The van der Waals surface area contributed by atoms with Gasteiger partial charge < -0.3 is 4.90 Å². The molecular weight excluding hydrogens is 254 g/mol. The summed E-state index contributed by atoms with van der Waals surface area (Å²) in [5, 5.41) is 0. The molecule has 0 fully saturated rings. The second-order valence-corrected chi connectivity index (χ2v) is 5.23. The van der Waals surface area contributed by atoms with Gasteiger partial charge in [-0.2, -0.15) is 0 Å². The van der Waals surface area contributed by atoms with Crippen LogP contribution >= 0.6 is 15.9 Å². The summed E-state index contributed by atoms with van der Waals surface area (Å²) in [6.07, 6.45) is 0. The maximum absolute atomic E-state index is 11.7. The number of alkyl halides is 1. The minimum absolute atomic E-state index is 0.0694. The summed E-state index contributed by atoms with van der Waals surface area (Å²) in [5.41, 5.74) is 3.29. The van der Waals surface area contributed by atoms with Crippen molar-refractivity contribution in [1.82, 2.24) is 0 Å². The van der Waals surface area contributed by atoms with Crippen LogP contribution in [0.3, 0.4) is 0 Å². The zero-order valence-electron chi connectivity index (χ0n) is 9.54. The van der Waals surface area contributed by atoms with Crippen LogP contribution in [0.15, 0.2) is 18.2 Å². The summed E-state index contributed by atoms with van der Waals surface area (Å²) < 4.78 is 0. The number of amides is 1. The van der Waals surface area contributed by atoms with Gasteiger partial charge in [-0.25, -0.2) is 0 Å². The molecule has 0 radical (unpaired) electrons. The van der Waals surface area contributed by atoms with Crippen molar-refractivity contribution in [3.8, 4) is 0 Å². The molecule has 1 rings (SSSR count). The number of carbonyl (C=O) groups is 1. The number of halogens is 1. The van der Waals surface area contributed by atoms with Gasteiger partial charge in [0.25, 0.3) is 0 Å². The van der Waals surface area contributed by atoms with E-state index >= 15 is 0 Å². The van der Waals surface area contributed by atoms with E-state index in [4.69, 9.17) is 0 Å². The lowest BCUT2D eigenvalue weighted by Crippen LogP contribution is -2.31. The number of aryl methyl sites for hydroxylation is 2. The van der Waals surface area contributed by atoms with Crippen molar-refractivity contribution in [2.24, 2.45) is 0 Å². The average molecular weight is 270 g/mol. The van der Waals surface area contributed by atoms with Crippen LogP contribution in [0.5, 0.6) is 0 Å². The van der Waals surface area contributed by atoms with Gasteiger partial charge in [0.2, 0.25) is 5.91 Å². The SMILES string of the molecule is Cc1cc(C)cc(N(C)C(=O)C(C)Br)c1. The van der Waals surface area contributed by atoms with Crippen molar-refractivity contribution in [2.75, 3.05) is 11.9 Å². The number of hydrogen-bond donors (Lipinski definition) is 0. The monoisotopic (exact) mass is 269 g/mol. The molecule has 0 aliphatic rings. The molecule has 0 saturated carbocycles. The highest BCUT2D eigenvalue weighted by Crippen LogP contribution is 2.19. The van der Waals surface area contributed by atoms with E-state index in [2.05, 4.69) is 22.0 Å². The van der Waals surface area contributed by atoms with Gasteiger partial charge in [-0.1, -0.05) is 22.0 Å². The Morgan fingerprint density at radius 1 is 1.27 bits per heavy atom. The summed E-state index contributed by atoms with van der Waals surface area (Å²) in [7, 11) is 1.80.